The molecule has 8 nitrogen and oxygen atoms in total. The first-order valence-corrected chi connectivity index (χ1v) is 14.6. The van der Waals surface area contributed by atoms with Crippen LogP contribution in [-0.2, 0) is 14.8 Å². The van der Waals surface area contributed by atoms with E-state index in [1.165, 1.54) is 11.8 Å². The van der Waals surface area contributed by atoms with Crippen molar-refractivity contribution in [2.24, 2.45) is 0 Å². The molecule has 1 aliphatic rings. The van der Waals surface area contributed by atoms with Crippen molar-refractivity contribution in [3.8, 4) is 17.2 Å². The summed E-state index contributed by atoms with van der Waals surface area (Å²) in [5.41, 5.74) is 1.11. The number of anilines is 1. The summed E-state index contributed by atoms with van der Waals surface area (Å²) in [5, 5.41) is 2.91. The standard InChI is InChI=1S/C27H30N2O6S2/c1-4-33-24-8-6-5-7-23(24)29(37(31,32)22-12-10-21(36-3)11-13-22)18-27(30)28-19(2)20-9-14-25-26(17-20)35-16-15-34-25/h5-14,17,19H,4,15-16,18H2,1-3H3,(H,28,30). The number of amides is 1. The Labute approximate surface area is 222 Å². The van der Waals surface area contributed by atoms with Crippen LogP contribution in [0.15, 0.2) is 76.5 Å². The van der Waals surface area contributed by atoms with Crippen LogP contribution in [0.5, 0.6) is 17.2 Å². The van der Waals surface area contributed by atoms with Gasteiger partial charge in [-0.3, -0.25) is 9.10 Å². The van der Waals surface area contributed by atoms with Crippen LogP contribution in [0.1, 0.15) is 25.5 Å². The molecule has 1 aliphatic heterocycles. The van der Waals surface area contributed by atoms with Crippen LogP contribution in [0.25, 0.3) is 0 Å². The summed E-state index contributed by atoms with van der Waals surface area (Å²) in [6.45, 7) is 4.52. The topological polar surface area (TPSA) is 94.2 Å². The molecular formula is C27H30N2O6S2. The summed E-state index contributed by atoms with van der Waals surface area (Å²) in [7, 11) is -4.08. The number of rotatable bonds is 10. The molecule has 37 heavy (non-hydrogen) atoms. The lowest BCUT2D eigenvalue weighted by molar-refractivity contribution is -0.120. The Bertz CT molecular complexity index is 1350. The third-order valence-corrected chi connectivity index (χ3v) is 8.33. The van der Waals surface area contributed by atoms with Crippen LogP contribution in [0, 0.1) is 0 Å². The van der Waals surface area contributed by atoms with E-state index in [2.05, 4.69) is 5.32 Å². The minimum atomic E-state index is -4.08. The lowest BCUT2D eigenvalue weighted by atomic mass is 10.1. The number of thioether (sulfide) groups is 1. The van der Waals surface area contributed by atoms with Gasteiger partial charge < -0.3 is 19.5 Å². The van der Waals surface area contributed by atoms with Gasteiger partial charge in [0.1, 0.15) is 25.5 Å². The summed E-state index contributed by atoms with van der Waals surface area (Å²) in [6.07, 6.45) is 1.92. The summed E-state index contributed by atoms with van der Waals surface area (Å²) < 4.78 is 45.6. The smallest absolute Gasteiger partial charge is 0.264 e. The number of carbonyl (C=O) groups is 1. The fourth-order valence-electron chi connectivity index (χ4n) is 3.95. The molecule has 1 N–H and O–H groups in total. The van der Waals surface area contributed by atoms with Crippen molar-refractivity contribution in [1.82, 2.24) is 5.32 Å². The van der Waals surface area contributed by atoms with Crippen molar-refractivity contribution in [3.63, 3.8) is 0 Å². The van der Waals surface area contributed by atoms with Crippen LogP contribution in [0.3, 0.4) is 0 Å². The second-order valence-corrected chi connectivity index (χ2v) is 11.0. The van der Waals surface area contributed by atoms with E-state index in [0.717, 1.165) is 14.8 Å². The summed E-state index contributed by atoms with van der Waals surface area (Å²) >= 11 is 1.52. The Morgan fingerprint density at radius 1 is 1.05 bits per heavy atom. The maximum absolute atomic E-state index is 13.8. The van der Waals surface area contributed by atoms with Gasteiger partial charge in [0.25, 0.3) is 10.0 Å². The largest absolute Gasteiger partial charge is 0.492 e. The summed E-state index contributed by atoms with van der Waals surface area (Å²) in [6, 6.07) is 18.5. The maximum atomic E-state index is 13.8. The van der Waals surface area contributed by atoms with Gasteiger partial charge in [-0.25, -0.2) is 8.42 Å². The fraction of sp³-hybridized carbons (Fsp3) is 0.296. The van der Waals surface area contributed by atoms with Gasteiger partial charge in [0, 0.05) is 4.90 Å². The van der Waals surface area contributed by atoms with Crippen molar-refractivity contribution < 1.29 is 27.4 Å². The molecule has 196 valence electrons. The van der Waals surface area contributed by atoms with Crippen molar-refractivity contribution in [3.05, 3.63) is 72.3 Å². The van der Waals surface area contributed by atoms with E-state index in [1.54, 1.807) is 54.6 Å². The quantitative estimate of drug-likeness (QED) is 0.373. The third kappa shape index (κ3) is 6.14. The van der Waals surface area contributed by atoms with Crippen LogP contribution in [0.4, 0.5) is 5.69 Å². The number of hydrogen-bond acceptors (Lipinski definition) is 7. The predicted molar refractivity (Wildman–Crippen MR) is 144 cm³/mol. The van der Waals surface area contributed by atoms with Gasteiger partial charge in [-0.2, -0.15) is 0 Å². The molecular weight excluding hydrogens is 512 g/mol. The second-order valence-electron chi connectivity index (χ2n) is 8.28. The maximum Gasteiger partial charge on any atom is 0.264 e. The molecule has 0 bridgehead atoms. The highest BCUT2D eigenvalue weighted by Gasteiger charge is 2.30. The number of carbonyl (C=O) groups excluding carboxylic acids is 1. The lowest BCUT2D eigenvalue weighted by Crippen LogP contribution is -2.41. The van der Waals surface area contributed by atoms with Crippen LogP contribution in [-0.4, -0.2) is 46.9 Å². The van der Waals surface area contributed by atoms with E-state index in [-0.39, 0.29) is 4.90 Å². The van der Waals surface area contributed by atoms with Crippen LogP contribution in [0.2, 0.25) is 0 Å². The molecule has 0 spiro atoms. The Balaban J connectivity index is 1.62. The van der Waals surface area contributed by atoms with E-state index in [9.17, 15) is 13.2 Å². The fourth-order valence-corrected chi connectivity index (χ4v) is 5.79. The molecule has 0 saturated heterocycles. The number of sulfonamides is 1. The number of nitrogens with zero attached hydrogens (tertiary/aromatic N) is 1. The zero-order valence-electron chi connectivity index (χ0n) is 21.0. The highest BCUT2D eigenvalue weighted by atomic mass is 32.2. The molecule has 1 atom stereocenters. The zero-order valence-corrected chi connectivity index (χ0v) is 22.6. The summed E-state index contributed by atoms with van der Waals surface area (Å²) in [5.74, 6) is 1.19. The molecule has 1 amide bonds. The zero-order chi connectivity index (χ0) is 26.4. The number of ether oxygens (including phenoxy) is 3. The average molecular weight is 543 g/mol. The molecule has 3 aromatic rings. The van der Waals surface area contributed by atoms with Gasteiger partial charge in [-0.05, 0) is 74.2 Å². The number of para-hydroxylation sites is 2. The van der Waals surface area contributed by atoms with E-state index in [4.69, 9.17) is 14.2 Å². The molecule has 0 aromatic heterocycles. The van der Waals surface area contributed by atoms with E-state index in [1.807, 2.05) is 32.2 Å². The first-order chi connectivity index (χ1) is 17.8. The Morgan fingerprint density at radius 2 is 1.76 bits per heavy atom. The van der Waals surface area contributed by atoms with Crippen molar-refractivity contribution in [2.45, 2.75) is 29.7 Å². The van der Waals surface area contributed by atoms with Gasteiger partial charge in [0.05, 0.1) is 23.2 Å². The first-order valence-electron chi connectivity index (χ1n) is 11.9. The minimum absolute atomic E-state index is 0.0873. The Morgan fingerprint density at radius 3 is 2.46 bits per heavy atom. The van der Waals surface area contributed by atoms with Crippen molar-refractivity contribution in [1.29, 1.82) is 0 Å². The van der Waals surface area contributed by atoms with Crippen LogP contribution >= 0.6 is 11.8 Å². The molecule has 4 rings (SSSR count). The molecule has 0 radical (unpaired) electrons. The first kappa shape index (κ1) is 26.7. The van der Waals surface area contributed by atoms with E-state index >= 15 is 0 Å². The molecule has 0 aliphatic carbocycles. The van der Waals surface area contributed by atoms with Crippen molar-refractivity contribution >= 4 is 33.4 Å². The molecule has 0 saturated carbocycles. The summed E-state index contributed by atoms with van der Waals surface area (Å²) in [4.78, 5) is 14.3. The van der Waals surface area contributed by atoms with Crippen LogP contribution < -0.4 is 23.8 Å². The van der Waals surface area contributed by atoms with Gasteiger partial charge in [-0.1, -0.05) is 18.2 Å². The van der Waals surface area contributed by atoms with Gasteiger partial charge >= 0.3 is 0 Å². The number of hydrogen-bond donors (Lipinski definition) is 1. The van der Waals surface area contributed by atoms with Gasteiger partial charge in [0.2, 0.25) is 5.91 Å². The molecule has 0 fully saturated rings. The lowest BCUT2D eigenvalue weighted by Gasteiger charge is -2.27. The molecule has 1 heterocycles. The SMILES string of the molecule is CCOc1ccccc1N(CC(=O)NC(C)c1ccc2c(c1)OCCO2)S(=O)(=O)c1ccc(SC)cc1. The predicted octanol–water partition coefficient (Wildman–Crippen LogP) is 4.65. The average Bonchev–Trinajstić information content (AvgIpc) is 2.92. The van der Waals surface area contributed by atoms with Gasteiger partial charge in [0.15, 0.2) is 11.5 Å². The number of nitrogens with one attached hydrogen (secondary N) is 1. The number of benzene rings is 3. The highest BCUT2D eigenvalue weighted by Crippen LogP contribution is 2.34. The van der Waals surface area contributed by atoms with Gasteiger partial charge in [-0.15, -0.1) is 11.8 Å². The molecule has 3 aromatic carbocycles. The molecule has 1 unspecified atom stereocenters. The van der Waals surface area contributed by atoms with Crippen molar-refractivity contribution in [2.75, 3.05) is 36.9 Å². The normalized spacial score (nSPS) is 13.5. The van der Waals surface area contributed by atoms with E-state index in [0.29, 0.717) is 42.8 Å². The van der Waals surface area contributed by atoms with E-state index < -0.39 is 28.5 Å². The minimum Gasteiger partial charge on any atom is -0.492 e. The highest BCUT2D eigenvalue weighted by molar-refractivity contribution is 7.98. The Kier molecular flexibility index (Phi) is 8.50. The third-order valence-electron chi connectivity index (χ3n) is 5.81. The Hall–Kier alpha value is -3.37. The number of fused-ring (bicyclic) bond motifs is 1. The monoisotopic (exact) mass is 542 g/mol. The molecule has 10 heteroatoms. The second kappa shape index (κ2) is 11.8.